The van der Waals surface area contributed by atoms with Crippen molar-refractivity contribution < 1.29 is 4.79 Å². The highest BCUT2D eigenvalue weighted by molar-refractivity contribution is 6.06. The molecular weight excluding hydrogens is 408 g/mol. The van der Waals surface area contributed by atoms with Gasteiger partial charge in [0.1, 0.15) is 0 Å². The van der Waals surface area contributed by atoms with Gasteiger partial charge in [-0.15, -0.1) is 0 Å². The molecule has 5 heteroatoms. The highest BCUT2D eigenvalue weighted by Crippen LogP contribution is 2.27. The van der Waals surface area contributed by atoms with E-state index in [4.69, 9.17) is 0 Å². The molecule has 0 atom stereocenters. The van der Waals surface area contributed by atoms with E-state index in [1.54, 1.807) is 12.4 Å². The molecule has 0 aliphatic heterocycles. The molecule has 1 fully saturated rings. The van der Waals surface area contributed by atoms with Crippen LogP contribution in [0.3, 0.4) is 0 Å². The molecule has 0 unspecified atom stereocenters. The Morgan fingerprint density at radius 2 is 1.82 bits per heavy atom. The van der Waals surface area contributed by atoms with Crippen LogP contribution in [0.2, 0.25) is 0 Å². The second-order valence-corrected chi connectivity index (χ2v) is 9.06. The van der Waals surface area contributed by atoms with Crippen LogP contribution in [0.1, 0.15) is 65.6 Å². The molecule has 2 aromatic heterocycles. The molecule has 2 aromatic carbocycles. The molecule has 5 rings (SSSR count). The van der Waals surface area contributed by atoms with Gasteiger partial charge in [0.15, 0.2) is 0 Å². The first-order chi connectivity index (χ1) is 16.2. The fourth-order valence-corrected chi connectivity index (χ4v) is 4.90. The second-order valence-electron chi connectivity index (χ2n) is 9.06. The Morgan fingerprint density at radius 1 is 1.03 bits per heavy atom. The molecule has 5 nitrogen and oxygen atoms in total. The number of amides is 1. The van der Waals surface area contributed by atoms with Crippen LogP contribution in [0.25, 0.3) is 16.6 Å². The van der Waals surface area contributed by atoms with Crippen LogP contribution < -0.4 is 5.32 Å². The summed E-state index contributed by atoms with van der Waals surface area (Å²) in [6.07, 6.45) is 13.3. The molecule has 1 aliphatic carbocycles. The summed E-state index contributed by atoms with van der Waals surface area (Å²) in [5.74, 6) is 0.000815. The first-order valence-electron chi connectivity index (χ1n) is 12.0. The van der Waals surface area contributed by atoms with Crippen LogP contribution in [0.4, 0.5) is 0 Å². The number of rotatable bonds is 5. The van der Waals surface area contributed by atoms with E-state index in [9.17, 15) is 4.79 Å². The van der Waals surface area contributed by atoms with Gasteiger partial charge in [-0.3, -0.25) is 9.78 Å². The largest absolute Gasteiger partial charge is 0.349 e. The lowest BCUT2D eigenvalue weighted by molar-refractivity contribution is 0.0935. The zero-order valence-corrected chi connectivity index (χ0v) is 19.1. The minimum atomic E-state index is 0.000815. The van der Waals surface area contributed by atoms with Crippen molar-refractivity contribution in [1.82, 2.24) is 20.1 Å². The average molecular weight is 439 g/mol. The molecule has 1 amide bonds. The number of benzene rings is 2. The Bertz CT molecular complexity index is 1240. The minimum Gasteiger partial charge on any atom is -0.349 e. The number of aromatic nitrogens is 3. The van der Waals surface area contributed by atoms with Crippen molar-refractivity contribution in [3.05, 3.63) is 89.4 Å². The molecule has 1 N–H and O–H groups in total. The Kier molecular flexibility index (Phi) is 6.20. The summed E-state index contributed by atoms with van der Waals surface area (Å²) in [6, 6.07) is 16.7. The van der Waals surface area contributed by atoms with E-state index in [0.717, 1.165) is 41.4 Å². The lowest BCUT2D eigenvalue weighted by Gasteiger charge is -2.18. The minimum absolute atomic E-state index is 0.000815. The zero-order chi connectivity index (χ0) is 22.6. The van der Waals surface area contributed by atoms with Crippen molar-refractivity contribution in [2.45, 2.75) is 57.9 Å². The monoisotopic (exact) mass is 438 g/mol. The molecule has 2 heterocycles. The fraction of sp³-hybridized carbons (Fsp3) is 0.321. The van der Waals surface area contributed by atoms with Gasteiger partial charge < -0.3 is 5.32 Å². The van der Waals surface area contributed by atoms with E-state index in [2.05, 4.69) is 58.7 Å². The number of carbonyl (C=O) groups excluding carboxylic acids is 1. The first-order valence-corrected chi connectivity index (χ1v) is 12.0. The number of carbonyl (C=O) groups is 1. The molecule has 0 saturated heterocycles. The Labute approximate surface area is 194 Å². The van der Waals surface area contributed by atoms with Gasteiger partial charge in [0, 0.05) is 30.0 Å². The summed E-state index contributed by atoms with van der Waals surface area (Å²) in [4.78, 5) is 18.0. The van der Waals surface area contributed by atoms with Crippen LogP contribution in [0.15, 0.2) is 67.1 Å². The molecular formula is C28H30N4O. The smallest absolute Gasteiger partial charge is 0.253 e. The molecule has 168 valence electrons. The fourth-order valence-electron chi connectivity index (χ4n) is 4.90. The maximum atomic E-state index is 13.4. The van der Waals surface area contributed by atoms with E-state index in [1.807, 2.05) is 23.0 Å². The normalized spacial score (nSPS) is 14.8. The summed E-state index contributed by atoms with van der Waals surface area (Å²) in [5.41, 5.74) is 6.05. The number of pyridine rings is 1. The highest BCUT2D eigenvalue weighted by atomic mass is 16.1. The Morgan fingerprint density at radius 3 is 2.55 bits per heavy atom. The number of hydrogen-bond donors (Lipinski definition) is 1. The van der Waals surface area contributed by atoms with E-state index < -0.39 is 0 Å². The number of hydrogen-bond acceptors (Lipinski definition) is 3. The molecule has 0 bridgehead atoms. The number of aryl methyl sites for hydroxylation is 1. The highest BCUT2D eigenvalue weighted by Gasteiger charge is 2.20. The van der Waals surface area contributed by atoms with Crippen LogP contribution in [0, 0.1) is 6.92 Å². The van der Waals surface area contributed by atoms with Crippen LogP contribution in [-0.4, -0.2) is 26.7 Å². The third kappa shape index (κ3) is 4.68. The van der Waals surface area contributed by atoms with Gasteiger partial charge in [0.2, 0.25) is 0 Å². The lowest BCUT2D eigenvalue weighted by Crippen LogP contribution is -2.34. The Hall–Kier alpha value is -3.47. The van der Waals surface area contributed by atoms with E-state index in [-0.39, 0.29) is 11.9 Å². The van der Waals surface area contributed by atoms with Gasteiger partial charge >= 0.3 is 0 Å². The third-order valence-corrected chi connectivity index (χ3v) is 6.80. The van der Waals surface area contributed by atoms with Gasteiger partial charge in [-0.25, -0.2) is 4.68 Å². The maximum absolute atomic E-state index is 13.4. The van der Waals surface area contributed by atoms with Crippen molar-refractivity contribution in [2.75, 3.05) is 0 Å². The first kappa shape index (κ1) is 21.4. The number of nitrogens with zero attached hydrogens (tertiary/aromatic N) is 3. The molecule has 33 heavy (non-hydrogen) atoms. The van der Waals surface area contributed by atoms with E-state index in [0.29, 0.717) is 5.56 Å². The molecule has 1 aliphatic rings. The van der Waals surface area contributed by atoms with Crippen LogP contribution in [0.5, 0.6) is 0 Å². The average Bonchev–Trinajstić information content (AvgIpc) is 3.26. The van der Waals surface area contributed by atoms with Crippen LogP contribution >= 0.6 is 0 Å². The molecule has 0 radical (unpaired) electrons. The number of fused-ring (bicyclic) bond motifs is 1. The SMILES string of the molecule is Cc1c(Cc2ccc(-n3cccn3)cc2)cc(C(=O)NC2CCCCCC2)c2ncccc12. The van der Waals surface area contributed by atoms with Gasteiger partial charge in [-0.05, 0) is 73.2 Å². The summed E-state index contributed by atoms with van der Waals surface area (Å²) < 4.78 is 1.85. The topological polar surface area (TPSA) is 59.8 Å². The summed E-state index contributed by atoms with van der Waals surface area (Å²) >= 11 is 0. The molecule has 0 spiro atoms. The summed E-state index contributed by atoms with van der Waals surface area (Å²) in [7, 11) is 0. The standard InChI is InChI=1S/C28H30N4O/c1-20-22(18-21-11-13-24(14-12-21)32-17-7-16-30-32)19-26(27-25(20)10-6-15-29-27)28(33)31-23-8-4-2-3-5-9-23/h6-7,10-17,19,23H,2-5,8-9,18H2,1H3,(H,31,33). The number of nitrogens with one attached hydrogen (secondary N) is 1. The lowest BCUT2D eigenvalue weighted by atomic mass is 9.93. The van der Waals surface area contributed by atoms with E-state index in [1.165, 1.54) is 36.8 Å². The summed E-state index contributed by atoms with van der Waals surface area (Å²) in [5, 5.41) is 8.66. The van der Waals surface area contributed by atoms with Crippen molar-refractivity contribution in [2.24, 2.45) is 0 Å². The second kappa shape index (κ2) is 9.57. The third-order valence-electron chi connectivity index (χ3n) is 6.80. The van der Waals surface area contributed by atoms with Crippen LogP contribution in [-0.2, 0) is 6.42 Å². The quantitative estimate of drug-likeness (QED) is 0.402. The van der Waals surface area contributed by atoms with Gasteiger partial charge in [-0.2, -0.15) is 5.10 Å². The predicted octanol–water partition coefficient (Wildman–Crippen LogP) is 5.77. The van der Waals surface area contributed by atoms with Crippen molar-refractivity contribution >= 4 is 16.8 Å². The zero-order valence-electron chi connectivity index (χ0n) is 19.1. The van der Waals surface area contributed by atoms with Gasteiger partial charge in [0.25, 0.3) is 5.91 Å². The molecule has 1 saturated carbocycles. The van der Waals surface area contributed by atoms with Crippen molar-refractivity contribution in [3.8, 4) is 5.69 Å². The summed E-state index contributed by atoms with van der Waals surface area (Å²) in [6.45, 7) is 2.13. The van der Waals surface area contributed by atoms with Gasteiger partial charge in [-0.1, -0.05) is 43.9 Å². The van der Waals surface area contributed by atoms with E-state index >= 15 is 0 Å². The van der Waals surface area contributed by atoms with Crippen molar-refractivity contribution in [1.29, 1.82) is 0 Å². The maximum Gasteiger partial charge on any atom is 0.253 e. The predicted molar refractivity (Wildman–Crippen MR) is 132 cm³/mol. The molecule has 4 aromatic rings. The Balaban J connectivity index is 1.45. The van der Waals surface area contributed by atoms with Gasteiger partial charge in [0.05, 0.1) is 16.8 Å². The van der Waals surface area contributed by atoms with Crippen molar-refractivity contribution in [3.63, 3.8) is 0 Å².